The molecule has 18 heavy (non-hydrogen) atoms. The van der Waals surface area contributed by atoms with Gasteiger partial charge in [0.1, 0.15) is 11.0 Å². The smallest absolute Gasteiger partial charge is 0.241 e. The first-order valence-corrected chi connectivity index (χ1v) is 6.48. The SMILES string of the molecule is Cc1cnc(CNC(=O)[C@@H](N)c2ccccc2)s1. The molecule has 1 aromatic carbocycles. The first kappa shape index (κ1) is 12.7. The van der Waals surface area contributed by atoms with Crippen LogP contribution in [0.25, 0.3) is 0 Å². The molecule has 1 heterocycles. The third-order valence-corrected chi connectivity index (χ3v) is 3.44. The molecule has 5 heteroatoms. The van der Waals surface area contributed by atoms with Gasteiger partial charge in [-0.1, -0.05) is 30.3 Å². The summed E-state index contributed by atoms with van der Waals surface area (Å²) in [5.41, 5.74) is 6.69. The van der Waals surface area contributed by atoms with Gasteiger partial charge in [-0.3, -0.25) is 4.79 Å². The Kier molecular flexibility index (Phi) is 4.07. The van der Waals surface area contributed by atoms with Crippen molar-refractivity contribution in [3.63, 3.8) is 0 Å². The number of hydrogen-bond donors (Lipinski definition) is 2. The number of hydrogen-bond acceptors (Lipinski definition) is 4. The number of rotatable bonds is 4. The zero-order valence-electron chi connectivity index (χ0n) is 10.1. The van der Waals surface area contributed by atoms with Gasteiger partial charge in [-0.2, -0.15) is 0 Å². The molecule has 1 aromatic heterocycles. The van der Waals surface area contributed by atoms with Crippen LogP contribution >= 0.6 is 11.3 Å². The van der Waals surface area contributed by atoms with E-state index in [2.05, 4.69) is 10.3 Å². The quantitative estimate of drug-likeness (QED) is 0.881. The number of carbonyl (C=O) groups excluding carboxylic acids is 1. The van der Waals surface area contributed by atoms with Crippen LogP contribution in [0.4, 0.5) is 0 Å². The summed E-state index contributed by atoms with van der Waals surface area (Å²) in [4.78, 5) is 17.2. The van der Waals surface area contributed by atoms with Crippen molar-refractivity contribution in [2.45, 2.75) is 19.5 Å². The average Bonchev–Trinajstić information content (AvgIpc) is 2.82. The highest BCUT2D eigenvalue weighted by Crippen LogP contribution is 2.12. The number of carbonyl (C=O) groups is 1. The highest BCUT2D eigenvalue weighted by atomic mass is 32.1. The van der Waals surface area contributed by atoms with Crippen LogP contribution in [0, 0.1) is 6.92 Å². The molecule has 0 fully saturated rings. The number of nitrogens with zero attached hydrogens (tertiary/aromatic N) is 1. The van der Waals surface area contributed by atoms with E-state index in [4.69, 9.17) is 5.73 Å². The number of nitrogens with one attached hydrogen (secondary N) is 1. The maximum absolute atomic E-state index is 11.9. The zero-order valence-corrected chi connectivity index (χ0v) is 10.9. The Hall–Kier alpha value is -1.72. The number of amides is 1. The topological polar surface area (TPSA) is 68.0 Å². The van der Waals surface area contributed by atoms with E-state index in [0.29, 0.717) is 6.54 Å². The van der Waals surface area contributed by atoms with Crippen molar-refractivity contribution >= 4 is 17.2 Å². The van der Waals surface area contributed by atoms with Crippen LogP contribution in [-0.2, 0) is 11.3 Å². The highest BCUT2D eigenvalue weighted by molar-refractivity contribution is 7.11. The van der Waals surface area contributed by atoms with E-state index < -0.39 is 6.04 Å². The second kappa shape index (κ2) is 5.75. The lowest BCUT2D eigenvalue weighted by atomic mass is 10.1. The Labute approximate surface area is 110 Å². The van der Waals surface area contributed by atoms with Crippen molar-refractivity contribution < 1.29 is 4.79 Å². The van der Waals surface area contributed by atoms with E-state index in [-0.39, 0.29) is 5.91 Å². The largest absolute Gasteiger partial charge is 0.348 e. The summed E-state index contributed by atoms with van der Waals surface area (Å²) in [6, 6.07) is 8.69. The molecule has 0 saturated carbocycles. The van der Waals surface area contributed by atoms with Crippen molar-refractivity contribution in [2.24, 2.45) is 5.73 Å². The van der Waals surface area contributed by atoms with Crippen LogP contribution in [0.5, 0.6) is 0 Å². The third-order valence-electron chi connectivity index (χ3n) is 2.52. The zero-order chi connectivity index (χ0) is 13.0. The molecular formula is C13H15N3OS. The fraction of sp³-hybridized carbons (Fsp3) is 0.231. The van der Waals surface area contributed by atoms with E-state index in [1.807, 2.05) is 37.3 Å². The summed E-state index contributed by atoms with van der Waals surface area (Å²) in [5, 5.41) is 3.68. The minimum absolute atomic E-state index is 0.186. The third kappa shape index (κ3) is 3.15. The number of aryl methyl sites for hydroxylation is 1. The summed E-state index contributed by atoms with van der Waals surface area (Å²) in [6.45, 7) is 2.41. The van der Waals surface area contributed by atoms with Crippen molar-refractivity contribution in [3.05, 3.63) is 52.0 Å². The van der Waals surface area contributed by atoms with Crippen LogP contribution in [0.15, 0.2) is 36.5 Å². The van der Waals surface area contributed by atoms with E-state index in [1.165, 1.54) is 0 Å². The molecule has 94 valence electrons. The van der Waals surface area contributed by atoms with Gasteiger partial charge in [-0.25, -0.2) is 4.98 Å². The molecule has 0 bridgehead atoms. The van der Waals surface area contributed by atoms with E-state index in [0.717, 1.165) is 15.4 Å². The maximum Gasteiger partial charge on any atom is 0.241 e. The fourth-order valence-electron chi connectivity index (χ4n) is 1.57. The molecule has 0 saturated heterocycles. The first-order chi connectivity index (χ1) is 8.66. The summed E-state index contributed by atoms with van der Waals surface area (Å²) in [6.07, 6.45) is 1.79. The Balaban J connectivity index is 1.92. The van der Waals surface area contributed by atoms with Crippen LogP contribution in [0.3, 0.4) is 0 Å². The lowest BCUT2D eigenvalue weighted by Crippen LogP contribution is -2.33. The number of thiazole rings is 1. The van der Waals surface area contributed by atoms with Crippen molar-refractivity contribution in [1.82, 2.24) is 10.3 Å². The Morgan fingerprint density at radius 2 is 2.17 bits per heavy atom. The molecule has 0 aliphatic rings. The van der Waals surface area contributed by atoms with Gasteiger partial charge in [0.2, 0.25) is 5.91 Å². The molecule has 3 N–H and O–H groups in total. The van der Waals surface area contributed by atoms with Gasteiger partial charge >= 0.3 is 0 Å². The Morgan fingerprint density at radius 3 is 2.78 bits per heavy atom. The lowest BCUT2D eigenvalue weighted by Gasteiger charge is -2.11. The fourth-order valence-corrected chi connectivity index (χ4v) is 2.29. The Morgan fingerprint density at radius 1 is 1.44 bits per heavy atom. The molecule has 2 aromatic rings. The maximum atomic E-state index is 11.9. The monoisotopic (exact) mass is 261 g/mol. The van der Waals surface area contributed by atoms with Gasteiger partial charge in [-0.15, -0.1) is 11.3 Å². The molecule has 4 nitrogen and oxygen atoms in total. The van der Waals surface area contributed by atoms with Crippen molar-refractivity contribution in [2.75, 3.05) is 0 Å². The normalized spacial score (nSPS) is 12.1. The molecule has 0 aliphatic heterocycles. The molecule has 0 aliphatic carbocycles. The summed E-state index contributed by atoms with van der Waals surface area (Å²) in [7, 11) is 0. The van der Waals surface area contributed by atoms with Crippen LogP contribution in [-0.4, -0.2) is 10.9 Å². The van der Waals surface area contributed by atoms with Gasteiger partial charge in [0.05, 0.1) is 6.54 Å². The summed E-state index contributed by atoms with van der Waals surface area (Å²) < 4.78 is 0. The number of benzene rings is 1. The molecule has 1 atom stereocenters. The van der Waals surface area contributed by atoms with Crippen molar-refractivity contribution in [1.29, 1.82) is 0 Å². The van der Waals surface area contributed by atoms with E-state index >= 15 is 0 Å². The second-order valence-electron chi connectivity index (χ2n) is 3.97. The van der Waals surface area contributed by atoms with Crippen molar-refractivity contribution in [3.8, 4) is 0 Å². The highest BCUT2D eigenvalue weighted by Gasteiger charge is 2.15. The minimum Gasteiger partial charge on any atom is -0.348 e. The predicted octanol–water partition coefficient (Wildman–Crippen LogP) is 1.77. The van der Waals surface area contributed by atoms with Gasteiger partial charge in [-0.05, 0) is 12.5 Å². The average molecular weight is 261 g/mol. The summed E-state index contributed by atoms with van der Waals surface area (Å²) >= 11 is 1.57. The van der Waals surface area contributed by atoms with E-state index in [1.54, 1.807) is 17.5 Å². The molecular weight excluding hydrogens is 246 g/mol. The van der Waals surface area contributed by atoms with Gasteiger partial charge < -0.3 is 11.1 Å². The van der Waals surface area contributed by atoms with Crippen LogP contribution < -0.4 is 11.1 Å². The second-order valence-corrected chi connectivity index (χ2v) is 5.29. The number of aromatic nitrogens is 1. The molecule has 0 radical (unpaired) electrons. The van der Waals surface area contributed by atoms with Crippen LogP contribution in [0.2, 0.25) is 0 Å². The van der Waals surface area contributed by atoms with E-state index in [9.17, 15) is 4.79 Å². The van der Waals surface area contributed by atoms with Gasteiger partial charge in [0.25, 0.3) is 0 Å². The molecule has 1 amide bonds. The Bertz CT molecular complexity index is 524. The van der Waals surface area contributed by atoms with Crippen LogP contribution in [0.1, 0.15) is 21.5 Å². The molecule has 2 rings (SSSR count). The van der Waals surface area contributed by atoms with Gasteiger partial charge in [0, 0.05) is 11.1 Å². The molecule has 0 unspecified atom stereocenters. The minimum atomic E-state index is -0.632. The summed E-state index contributed by atoms with van der Waals surface area (Å²) in [5.74, 6) is -0.186. The lowest BCUT2D eigenvalue weighted by molar-refractivity contribution is -0.122. The first-order valence-electron chi connectivity index (χ1n) is 5.66. The van der Waals surface area contributed by atoms with Gasteiger partial charge in [0.15, 0.2) is 0 Å². The molecule has 0 spiro atoms. The predicted molar refractivity (Wildman–Crippen MR) is 72.1 cm³/mol. The standard InChI is InChI=1S/C13H15N3OS/c1-9-7-15-11(18-9)8-16-13(17)12(14)10-5-3-2-4-6-10/h2-7,12H,8,14H2,1H3,(H,16,17)/t12-/m0/s1. The number of nitrogens with two attached hydrogens (primary N) is 1.